The summed E-state index contributed by atoms with van der Waals surface area (Å²) in [6.45, 7) is 4.77. The molecule has 1 unspecified atom stereocenters. The van der Waals surface area contributed by atoms with E-state index in [1.807, 2.05) is 6.20 Å². The number of fused-ring (bicyclic) bond motifs is 5. The van der Waals surface area contributed by atoms with Crippen LogP contribution >= 0.6 is 15.9 Å². The third-order valence-electron chi connectivity index (χ3n) is 6.40. The highest BCUT2D eigenvalue weighted by atomic mass is 79.9. The fraction of sp³-hybridized carbons (Fsp3) is 0.308. The van der Waals surface area contributed by atoms with Crippen molar-refractivity contribution in [2.24, 2.45) is 4.99 Å². The second-order valence-electron chi connectivity index (χ2n) is 8.71. The summed E-state index contributed by atoms with van der Waals surface area (Å²) >= 11 is 3.27. The van der Waals surface area contributed by atoms with Crippen molar-refractivity contribution in [1.29, 1.82) is 0 Å². The second kappa shape index (κ2) is 10.1. The van der Waals surface area contributed by atoms with Crippen molar-refractivity contribution in [3.8, 4) is 0 Å². The molecule has 0 bridgehead atoms. The number of piperazine rings is 1. The van der Waals surface area contributed by atoms with Crippen molar-refractivity contribution in [2.75, 3.05) is 50.0 Å². The molecule has 3 aliphatic rings. The van der Waals surface area contributed by atoms with Gasteiger partial charge in [-0.25, -0.2) is 9.37 Å². The lowest BCUT2D eigenvalue weighted by Gasteiger charge is -2.41. The molecule has 4 heterocycles. The quantitative estimate of drug-likeness (QED) is 0.494. The predicted molar refractivity (Wildman–Crippen MR) is 139 cm³/mol. The van der Waals surface area contributed by atoms with Crippen molar-refractivity contribution < 1.29 is 4.39 Å². The van der Waals surface area contributed by atoms with Crippen molar-refractivity contribution >= 4 is 33.4 Å². The molecular weight excluding hydrogens is 495 g/mol. The zero-order valence-corrected chi connectivity index (χ0v) is 20.7. The maximum Gasteiger partial charge on any atom is 0.196 e. The van der Waals surface area contributed by atoms with E-state index >= 15 is 0 Å². The largest absolute Gasteiger partial charge is 0.354 e. The minimum Gasteiger partial charge on any atom is -0.354 e. The number of nitrogens with one attached hydrogen (secondary N) is 2. The molecule has 0 aliphatic carbocycles. The molecule has 34 heavy (non-hydrogen) atoms. The molecule has 3 aromatic rings. The third-order valence-corrected chi connectivity index (χ3v) is 7.06. The minimum absolute atomic E-state index is 0.296. The van der Waals surface area contributed by atoms with Crippen LogP contribution in [0.3, 0.4) is 0 Å². The molecule has 6 rings (SSSR count). The maximum absolute atomic E-state index is 13.3. The SMILES string of the molecule is CN1CCN2c3ncccc3Cc3ccccc3C2C1.Fc1cccc(Br)c1NC1=NCCN1. The minimum atomic E-state index is -0.296. The second-order valence-corrected chi connectivity index (χ2v) is 9.57. The third kappa shape index (κ3) is 4.79. The van der Waals surface area contributed by atoms with E-state index in [1.165, 1.54) is 28.6 Å². The highest BCUT2D eigenvalue weighted by Crippen LogP contribution is 2.37. The van der Waals surface area contributed by atoms with E-state index in [4.69, 9.17) is 0 Å². The Morgan fingerprint density at radius 2 is 1.91 bits per heavy atom. The van der Waals surface area contributed by atoms with Crippen LogP contribution < -0.4 is 15.5 Å². The van der Waals surface area contributed by atoms with Gasteiger partial charge >= 0.3 is 0 Å². The summed E-state index contributed by atoms with van der Waals surface area (Å²) in [5, 5.41) is 5.91. The van der Waals surface area contributed by atoms with Gasteiger partial charge < -0.3 is 20.4 Å². The first-order valence-electron chi connectivity index (χ1n) is 11.6. The Hall–Kier alpha value is -2.97. The van der Waals surface area contributed by atoms with Gasteiger partial charge in [0.25, 0.3) is 0 Å². The number of halogens is 2. The summed E-state index contributed by atoms with van der Waals surface area (Å²) in [5.41, 5.74) is 4.69. The summed E-state index contributed by atoms with van der Waals surface area (Å²) in [4.78, 5) is 13.7. The molecule has 176 valence electrons. The lowest BCUT2D eigenvalue weighted by atomic mass is 9.96. The van der Waals surface area contributed by atoms with Gasteiger partial charge in [-0.05, 0) is 57.9 Å². The van der Waals surface area contributed by atoms with Gasteiger partial charge in [0.1, 0.15) is 11.6 Å². The van der Waals surface area contributed by atoms with Crippen LogP contribution in [0.25, 0.3) is 0 Å². The normalized spacial score (nSPS) is 18.9. The topological polar surface area (TPSA) is 55.8 Å². The molecule has 1 fully saturated rings. The smallest absolute Gasteiger partial charge is 0.196 e. The van der Waals surface area contributed by atoms with Gasteiger partial charge in [-0.15, -0.1) is 0 Å². The number of pyridine rings is 1. The molecule has 0 spiro atoms. The molecule has 0 radical (unpaired) electrons. The van der Waals surface area contributed by atoms with Crippen LogP contribution in [-0.4, -0.2) is 55.6 Å². The van der Waals surface area contributed by atoms with Crippen LogP contribution in [0.4, 0.5) is 15.9 Å². The fourth-order valence-electron chi connectivity index (χ4n) is 4.71. The highest BCUT2D eigenvalue weighted by Gasteiger charge is 2.32. The first kappa shape index (κ1) is 22.8. The van der Waals surface area contributed by atoms with Crippen molar-refractivity contribution in [2.45, 2.75) is 12.5 Å². The van der Waals surface area contributed by atoms with Gasteiger partial charge in [-0.1, -0.05) is 36.4 Å². The predicted octanol–water partition coefficient (Wildman–Crippen LogP) is 4.44. The van der Waals surface area contributed by atoms with Gasteiger partial charge in [-0.3, -0.25) is 4.99 Å². The van der Waals surface area contributed by atoms with Gasteiger partial charge in [0, 0.05) is 43.3 Å². The maximum atomic E-state index is 13.3. The van der Waals surface area contributed by atoms with Crippen LogP contribution in [0.5, 0.6) is 0 Å². The first-order chi connectivity index (χ1) is 16.6. The average Bonchev–Trinajstić information content (AvgIpc) is 3.32. The molecule has 0 saturated carbocycles. The van der Waals surface area contributed by atoms with E-state index in [9.17, 15) is 4.39 Å². The lowest BCUT2D eigenvalue weighted by molar-refractivity contribution is 0.268. The van der Waals surface area contributed by atoms with Gasteiger partial charge in [0.2, 0.25) is 0 Å². The first-order valence-corrected chi connectivity index (χ1v) is 12.4. The molecule has 1 atom stereocenters. The standard InChI is InChI=1S/C17H19N3.C9H9BrFN3/c1-19-9-10-20-16(12-19)15-7-3-2-5-13(15)11-14-6-4-8-18-17(14)20;10-6-2-1-3-7(11)8(6)14-9-12-4-5-13-9/h2-8,16H,9-12H2,1H3;1-3H,4-5H2,(H2,12,13,14). The van der Waals surface area contributed by atoms with Crippen molar-refractivity contribution in [1.82, 2.24) is 15.2 Å². The summed E-state index contributed by atoms with van der Waals surface area (Å²) in [5.74, 6) is 1.51. The summed E-state index contributed by atoms with van der Waals surface area (Å²) in [7, 11) is 2.21. The summed E-state index contributed by atoms with van der Waals surface area (Å²) in [6, 6.07) is 18.4. The van der Waals surface area contributed by atoms with Crippen LogP contribution in [-0.2, 0) is 6.42 Å². The number of nitrogens with zero attached hydrogens (tertiary/aromatic N) is 4. The molecular formula is C26H28BrFN6. The van der Waals surface area contributed by atoms with E-state index in [0.717, 1.165) is 39.1 Å². The van der Waals surface area contributed by atoms with Gasteiger partial charge in [0.05, 0.1) is 18.3 Å². The molecule has 3 aliphatic heterocycles. The number of aromatic nitrogens is 1. The fourth-order valence-corrected chi connectivity index (χ4v) is 5.15. The Balaban J connectivity index is 0.000000152. The van der Waals surface area contributed by atoms with Crippen molar-refractivity contribution in [3.05, 3.63) is 87.8 Å². The Morgan fingerprint density at radius 3 is 2.74 bits per heavy atom. The van der Waals surface area contributed by atoms with Gasteiger partial charge in [0.15, 0.2) is 5.96 Å². The highest BCUT2D eigenvalue weighted by molar-refractivity contribution is 9.10. The van der Waals surface area contributed by atoms with Crippen LogP contribution in [0.15, 0.2) is 70.3 Å². The Morgan fingerprint density at radius 1 is 1.06 bits per heavy atom. The molecule has 1 saturated heterocycles. The molecule has 1 aromatic heterocycles. The van der Waals surface area contributed by atoms with Crippen LogP contribution in [0, 0.1) is 5.82 Å². The van der Waals surface area contributed by atoms with Gasteiger partial charge in [-0.2, -0.15) is 0 Å². The van der Waals surface area contributed by atoms with Crippen molar-refractivity contribution in [3.63, 3.8) is 0 Å². The number of aliphatic imine (C=N–C) groups is 1. The zero-order chi connectivity index (χ0) is 23.5. The van der Waals surface area contributed by atoms with E-state index in [2.05, 4.69) is 89.8 Å². The number of likely N-dealkylation sites (N-methyl/N-ethyl adjacent to an activating group) is 1. The van der Waals surface area contributed by atoms with E-state index in [0.29, 0.717) is 22.2 Å². The Labute approximate surface area is 208 Å². The number of rotatable bonds is 1. The molecule has 6 nitrogen and oxygen atoms in total. The summed E-state index contributed by atoms with van der Waals surface area (Å²) in [6.07, 6.45) is 2.92. The number of guanidine groups is 1. The monoisotopic (exact) mass is 522 g/mol. The number of hydrogen-bond donors (Lipinski definition) is 2. The molecule has 0 amide bonds. The van der Waals surface area contributed by atoms with Crippen LogP contribution in [0.1, 0.15) is 22.7 Å². The molecule has 8 heteroatoms. The number of benzene rings is 2. The average molecular weight is 523 g/mol. The van der Waals surface area contributed by atoms with Crippen LogP contribution in [0.2, 0.25) is 0 Å². The summed E-state index contributed by atoms with van der Waals surface area (Å²) < 4.78 is 14.0. The number of para-hydroxylation sites is 1. The van der Waals surface area contributed by atoms with E-state index in [-0.39, 0.29) is 5.82 Å². The Kier molecular flexibility index (Phi) is 6.78. The number of anilines is 2. The lowest BCUT2D eigenvalue weighted by Crippen LogP contribution is -2.47. The zero-order valence-electron chi connectivity index (χ0n) is 19.1. The van der Waals surface area contributed by atoms with E-state index in [1.54, 1.807) is 12.1 Å². The number of hydrogen-bond acceptors (Lipinski definition) is 6. The molecule has 2 aromatic carbocycles. The Bertz CT molecular complexity index is 1180. The van der Waals surface area contributed by atoms with E-state index < -0.39 is 0 Å². The molecule has 2 N–H and O–H groups in total.